The largest absolute Gasteiger partial charge is 0.479 e. The summed E-state index contributed by atoms with van der Waals surface area (Å²) in [5.41, 5.74) is -0.294. The van der Waals surface area contributed by atoms with Gasteiger partial charge >= 0.3 is 5.97 Å². The maximum atomic E-state index is 12.5. The summed E-state index contributed by atoms with van der Waals surface area (Å²) in [5, 5.41) is 11.6. The number of aryl methyl sites for hydroxylation is 1. The lowest BCUT2D eigenvalue weighted by Gasteiger charge is -2.24. The number of carbonyl (C=O) groups excluding carboxylic acids is 2. The van der Waals surface area contributed by atoms with Gasteiger partial charge in [-0.25, -0.2) is 4.79 Å². The topological polar surface area (TPSA) is 95.9 Å². The number of carbonyl (C=O) groups is 3. The maximum Gasteiger partial charge on any atom is 0.345 e. The minimum absolute atomic E-state index is 0.270. The average Bonchev–Trinajstić information content (AvgIpc) is 2.90. The van der Waals surface area contributed by atoms with Crippen LogP contribution in [0.25, 0.3) is 0 Å². The molecule has 0 bridgehead atoms. The minimum Gasteiger partial charge on any atom is -0.479 e. The highest BCUT2D eigenvalue weighted by Crippen LogP contribution is 2.26. The third-order valence-corrected chi connectivity index (χ3v) is 5.10. The van der Waals surface area contributed by atoms with Gasteiger partial charge in [0, 0.05) is 23.8 Å². The molecule has 1 saturated heterocycles. The summed E-state index contributed by atoms with van der Waals surface area (Å²) < 4.78 is 5.75. The van der Waals surface area contributed by atoms with E-state index < -0.39 is 23.5 Å². The third-order valence-electron chi connectivity index (χ3n) is 4.21. The predicted molar refractivity (Wildman–Crippen MR) is 90.8 cm³/mol. The number of anilines is 1. The van der Waals surface area contributed by atoms with Crippen LogP contribution in [-0.2, 0) is 19.1 Å². The Balaban J connectivity index is 2.13. The van der Waals surface area contributed by atoms with Crippen molar-refractivity contribution in [2.45, 2.75) is 31.9 Å². The number of nitrogens with zero attached hydrogens (tertiary/aromatic N) is 1. The number of halogens is 1. The molecule has 1 aliphatic heterocycles. The lowest BCUT2D eigenvalue weighted by molar-refractivity contribution is -0.168. The molecule has 0 saturated carbocycles. The molecule has 2 N–H and O–H groups in total. The number of carboxylic acid groups (broad SMARTS) is 1. The standard InChI is InChI=1S/C16H19BrN2O5/c1-9-8-10(4-5-11(9)17)19-7-6-12(13(19)20)18-14(21)16(2,24-3)15(22)23/h4-5,8,12H,6-7H2,1-3H3,(H,18,21)(H,22,23). The Hall–Kier alpha value is -1.93. The van der Waals surface area contributed by atoms with Crippen LogP contribution in [0.2, 0.25) is 0 Å². The molecule has 7 nitrogen and oxygen atoms in total. The monoisotopic (exact) mass is 398 g/mol. The molecule has 0 aromatic heterocycles. The maximum absolute atomic E-state index is 12.5. The van der Waals surface area contributed by atoms with E-state index in [4.69, 9.17) is 9.84 Å². The summed E-state index contributed by atoms with van der Waals surface area (Å²) in [7, 11) is 1.14. The Labute approximate surface area is 148 Å². The highest BCUT2D eigenvalue weighted by Gasteiger charge is 2.44. The number of rotatable bonds is 5. The number of benzene rings is 1. The molecule has 0 aliphatic carbocycles. The average molecular weight is 399 g/mol. The van der Waals surface area contributed by atoms with Crippen molar-refractivity contribution in [3.63, 3.8) is 0 Å². The van der Waals surface area contributed by atoms with Gasteiger partial charge in [0.1, 0.15) is 6.04 Å². The minimum atomic E-state index is -2.03. The van der Waals surface area contributed by atoms with Crippen molar-refractivity contribution in [1.82, 2.24) is 5.32 Å². The molecule has 1 aromatic rings. The van der Waals surface area contributed by atoms with Gasteiger partial charge in [0.25, 0.3) is 5.91 Å². The van der Waals surface area contributed by atoms with Crippen LogP contribution in [0.15, 0.2) is 22.7 Å². The van der Waals surface area contributed by atoms with Crippen LogP contribution in [0.3, 0.4) is 0 Å². The number of aliphatic carboxylic acids is 1. The molecular weight excluding hydrogens is 380 g/mol. The first-order valence-electron chi connectivity index (χ1n) is 7.37. The molecule has 2 rings (SSSR count). The Morgan fingerprint density at radius 3 is 2.67 bits per heavy atom. The molecule has 2 unspecified atom stereocenters. The van der Waals surface area contributed by atoms with Gasteiger partial charge in [0.15, 0.2) is 0 Å². The second-order valence-electron chi connectivity index (χ2n) is 5.78. The van der Waals surface area contributed by atoms with Crippen molar-refractivity contribution in [2.24, 2.45) is 0 Å². The van der Waals surface area contributed by atoms with Crippen LogP contribution in [0.1, 0.15) is 18.9 Å². The fraction of sp³-hybridized carbons (Fsp3) is 0.438. The van der Waals surface area contributed by atoms with Crippen LogP contribution in [-0.4, -0.2) is 48.2 Å². The van der Waals surface area contributed by atoms with E-state index >= 15 is 0 Å². The second kappa shape index (κ2) is 6.90. The van der Waals surface area contributed by atoms with Gasteiger partial charge in [0.2, 0.25) is 11.5 Å². The van der Waals surface area contributed by atoms with E-state index in [1.807, 2.05) is 25.1 Å². The number of ether oxygens (including phenoxy) is 1. The molecule has 1 fully saturated rings. The fourth-order valence-corrected chi connectivity index (χ4v) is 2.69. The Morgan fingerprint density at radius 1 is 1.46 bits per heavy atom. The van der Waals surface area contributed by atoms with E-state index in [0.717, 1.165) is 29.8 Å². The lowest BCUT2D eigenvalue weighted by atomic mass is 10.1. The van der Waals surface area contributed by atoms with E-state index in [1.165, 1.54) is 0 Å². The number of hydrogen-bond acceptors (Lipinski definition) is 4. The number of carboxylic acids is 1. The molecule has 0 radical (unpaired) electrons. The van der Waals surface area contributed by atoms with Crippen LogP contribution in [0, 0.1) is 6.92 Å². The first-order valence-corrected chi connectivity index (χ1v) is 8.17. The Bertz CT molecular complexity index is 693. The SMILES string of the molecule is COC(C)(C(=O)O)C(=O)NC1CCN(c2ccc(Br)c(C)c2)C1=O. The van der Waals surface area contributed by atoms with E-state index in [2.05, 4.69) is 21.2 Å². The van der Waals surface area contributed by atoms with Gasteiger partial charge in [-0.1, -0.05) is 15.9 Å². The van der Waals surface area contributed by atoms with Crippen LogP contribution in [0.5, 0.6) is 0 Å². The quantitative estimate of drug-likeness (QED) is 0.732. The molecule has 0 spiro atoms. The normalized spacial score (nSPS) is 19.9. The number of methoxy groups -OCH3 is 1. The van der Waals surface area contributed by atoms with Crippen LogP contribution >= 0.6 is 15.9 Å². The van der Waals surface area contributed by atoms with Gasteiger partial charge in [-0.05, 0) is 44.0 Å². The first kappa shape index (κ1) is 18.4. The van der Waals surface area contributed by atoms with Crippen LogP contribution < -0.4 is 10.2 Å². The molecule has 8 heteroatoms. The summed E-state index contributed by atoms with van der Waals surface area (Å²) in [5.74, 6) is -2.52. The summed E-state index contributed by atoms with van der Waals surface area (Å²) in [6.45, 7) is 3.52. The molecule has 2 amide bonds. The zero-order valence-electron chi connectivity index (χ0n) is 13.6. The number of amides is 2. The second-order valence-corrected chi connectivity index (χ2v) is 6.63. The molecule has 130 valence electrons. The summed E-state index contributed by atoms with van der Waals surface area (Å²) in [4.78, 5) is 37.5. The van der Waals surface area contributed by atoms with E-state index in [-0.39, 0.29) is 5.91 Å². The molecule has 1 heterocycles. The molecule has 1 aromatic carbocycles. The van der Waals surface area contributed by atoms with Crippen molar-refractivity contribution in [3.05, 3.63) is 28.2 Å². The van der Waals surface area contributed by atoms with Gasteiger partial charge in [-0.2, -0.15) is 0 Å². The summed E-state index contributed by atoms with van der Waals surface area (Å²) in [6.07, 6.45) is 0.402. The number of hydrogen-bond donors (Lipinski definition) is 2. The fourth-order valence-electron chi connectivity index (χ4n) is 2.44. The summed E-state index contributed by atoms with van der Waals surface area (Å²) >= 11 is 3.41. The van der Waals surface area contributed by atoms with Crippen molar-refractivity contribution in [1.29, 1.82) is 0 Å². The van der Waals surface area contributed by atoms with Gasteiger partial charge in [-0.3, -0.25) is 9.59 Å². The van der Waals surface area contributed by atoms with Crippen LogP contribution in [0.4, 0.5) is 5.69 Å². The molecule has 24 heavy (non-hydrogen) atoms. The van der Waals surface area contributed by atoms with Gasteiger partial charge in [0.05, 0.1) is 0 Å². The molecule has 2 atom stereocenters. The van der Waals surface area contributed by atoms with E-state index in [0.29, 0.717) is 13.0 Å². The van der Waals surface area contributed by atoms with E-state index in [1.54, 1.807) is 4.90 Å². The van der Waals surface area contributed by atoms with Crippen molar-refractivity contribution in [3.8, 4) is 0 Å². The highest BCUT2D eigenvalue weighted by molar-refractivity contribution is 9.10. The highest BCUT2D eigenvalue weighted by atomic mass is 79.9. The Morgan fingerprint density at radius 2 is 2.12 bits per heavy atom. The third kappa shape index (κ3) is 3.29. The van der Waals surface area contributed by atoms with Crippen molar-refractivity contribution < 1.29 is 24.2 Å². The van der Waals surface area contributed by atoms with Gasteiger partial charge in [-0.15, -0.1) is 0 Å². The lowest BCUT2D eigenvalue weighted by Crippen LogP contribution is -2.55. The van der Waals surface area contributed by atoms with Crippen molar-refractivity contribution in [2.75, 3.05) is 18.6 Å². The molecular formula is C16H19BrN2O5. The zero-order chi connectivity index (χ0) is 18.1. The molecule has 1 aliphatic rings. The van der Waals surface area contributed by atoms with E-state index in [9.17, 15) is 14.4 Å². The first-order chi connectivity index (χ1) is 11.2. The van der Waals surface area contributed by atoms with Gasteiger partial charge < -0.3 is 20.1 Å². The van der Waals surface area contributed by atoms with Crippen molar-refractivity contribution >= 4 is 39.4 Å². The zero-order valence-corrected chi connectivity index (χ0v) is 15.2. The predicted octanol–water partition coefficient (Wildman–Crippen LogP) is 1.47. The Kier molecular flexibility index (Phi) is 5.29. The smallest absolute Gasteiger partial charge is 0.345 e. The number of nitrogens with one attached hydrogen (secondary N) is 1. The summed E-state index contributed by atoms with van der Waals surface area (Å²) in [6, 6.07) is 4.78.